The van der Waals surface area contributed by atoms with Gasteiger partial charge in [0.25, 0.3) is 5.91 Å². The Balaban J connectivity index is 2.95. The van der Waals surface area contributed by atoms with Gasteiger partial charge in [0.2, 0.25) is 0 Å². The van der Waals surface area contributed by atoms with Crippen molar-refractivity contribution >= 4 is 23.6 Å². The first kappa shape index (κ1) is 16.4. The Hall–Kier alpha value is -1.63. The van der Waals surface area contributed by atoms with Crippen molar-refractivity contribution in [2.45, 2.75) is 38.8 Å². The van der Waals surface area contributed by atoms with Crippen molar-refractivity contribution in [1.29, 1.82) is 0 Å². The van der Waals surface area contributed by atoms with Gasteiger partial charge in [-0.15, -0.1) is 11.8 Å². The molecule has 1 rings (SSSR count). The maximum atomic E-state index is 12.3. The van der Waals surface area contributed by atoms with E-state index in [1.54, 1.807) is 27.7 Å². The van der Waals surface area contributed by atoms with Crippen LogP contribution in [-0.2, 0) is 9.53 Å². The molecule has 0 radical (unpaired) electrons. The van der Waals surface area contributed by atoms with Crippen molar-refractivity contribution in [2.75, 3.05) is 12.9 Å². The molecule has 0 spiro atoms. The van der Waals surface area contributed by atoms with E-state index in [-0.39, 0.29) is 12.5 Å². The molecule has 0 saturated heterocycles. The molecule has 110 valence electrons. The average molecular weight is 297 g/mol. The summed E-state index contributed by atoms with van der Waals surface area (Å²) in [5.74, 6) is -0.216. The number of esters is 1. The minimum Gasteiger partial charge on any atom is -0.464 e. The molecule has 7 heteroatoms. The van der Waals surface area contributed by atoms with Gasteiger partial charge in [-0.1, -0.05) is 0 Å². The number of rotatable bonds is 5. The number of carbonyl (C=O) groups excluding carboxylic acids is 2. The molecule has 1 unspecified atom stereocenters. The molecule has 0 fully saturated rings. The first-order valence-corrected chi connectivity index (χ1v) is 7.49. The normalized spacial score (nSPS) is 11.8. The average Bonchev–Trinajstić information content (AvgIpc) is 2.37. The molecular weight excluding hydrogens is 278 g/mol. The summed E-state index contributed by atoms with van der Waals surface area (Å²) in [6, 6.07) is -0.710. The van der Waals surface area contributed by atoms with Crippen LogP contribution in [0.2, 0.25) is 0 Å². The highest BCUT2D eigenvalue weighted by Crippen LogP contribution is 2.20. The highest BCUT2D eigenvalue weighted by molar-refractivity contribution is 7.98. The third kappa shape index (κ3) is 3.93. The van der Waals surface area contributed by atoms with E-state index in [9.17, 15) is 9.59 Å². The summed E-state index contributed by atoms with van der Waals surface area (Å²) >= 11 is 1.37. The van der Waals surface area contributed by atoms with Gasteiger partial charge in [-0.25, -0.2) is 14.8 Å². The minimum atomic E-state index is -0.710. The Morgan fingerprint density at radius 1 is 1.35 bits per heavy atom. The summed E-state index contributed by atoms with van der Waals surface area (Å²) in [6.45, 7) is 7.10. The van der Waals surface area contributed by atoms with E-state index >= 15 is 0 Å². The second-order valence-corrected chi connectivity index (χ2v) is 4.98. The van der Waals surface area contributed by atoms with Gasteiger partial charge in [-0.05, 0) is 34.0 Å². The second-order valence-electron chi connectivity index (χ2n) is 4.19. The lowest BCUT2D eigenvalue weighted by molar-refractivity contribution is -0.144. The number of thioether (sulfide) groups is 1. The number of ether oxygens (including phenoxy) is 1. The highest BCUT2D eigenvalue weighted by atomic mass is 32.2. The van der Waals surface area contributed by atoms with Gasteiger partial charge >= 0.3 is 5.97 Å². The molecule has 0 aromatic carbocycles. The number of carbonyl (C=O) groups is 2. The lowest BCUT2D eigenvalue weighted by Crippen LogP contribution is -2.40. The van der Waals surface area contributed by atoms with E-state index in [2.05, 4.69) is 15.3 Å². The van der Waals surface area contributed by atoms with E-state index < -0.39 is 12.0 Å². The largest absolute Gasteiger partial charge is 0.464 e. The molecule has 0 aliphatic rings. The molecule has 1 N–H and O–H groups in total. The van der Waals surface area contributed by atoms with Crippen LogP contribution in [0.3, 0.4) is 0 Å². The van der Waals surface area contributed by atoms with Crippen LogP contribution in [0.25, 0.3) is 0 Å². The lowest BCUT2D eigenvalue weighted by atomic mass is 10.2. The summed E-state index contributed by atoms with van der Waals surface area (Å²) in [4.78, 5) is 32.2. The van der Waals surface area contributed by atoms with E-state index in [0.29, 0.717) is 22.1 Å². The molecule has 1 atom stereocenters. The van der Waals surface area contributed by atoms with Crippen molar-refractivity contribution in [1.82, 2.24) is 15.3 Å². The molecule has 1 amide bonds. The number of nitrogens with one attached hydrogen (secondary N) is 1. The van der Waals surface area contributed by atoms with Crippen LogP contribution in [0.1, 0.15) is 35.7 Å². The molecule has 0 aliphatic heterocycles. The monoisotopic (exact) mass is 297 g/mol. The maximum absolute atomic E-state index is 12.3. The predicted octanol–water partition coefficient (Wildman–Crippen LogP) is 1.50. The van der Waals surface area contributed by atoms with Gasteiger partial charge < -0.3 is 10.1 Å². The zero-order valence-electron chi connectivity index (χ0n) is 12.3. The van der Waals surface area contributed by atoms with Crippen LogP contribution in [0, 0.1) is 13.8 Å². The summed E-state index contributed by atoms with van der Waals surface area (Å²) < 4.78 is 4.86. The van der Waals surface area contributed by atoms with Crippen molar-refractivity contribution in [3.63, 3.8) is 0 Å². The standard InChI is InChI=1S/C13H19N3O3S/c1-6-19-13(18)8(3)15-11(17)10-7(2)14-9(4)16-12(10)20-5/h8H,6H2,1-5H3,(H,15,17). The number of amides is 1. The van der Waals surface area contributed by atoms with Crippen molar-refractivity contribution < 1.29 is 14.3 Å². The molecule has 1 aromatic rings. The molecule has 6 nitrogen and oxygen atoms in total. The Morgan fingerprint density at radius 3 is 2.55 bits per heavy atom. The molecule has 1 heterocycles. The molecule has 0 aliphatic carbocycles. The number of hydrogen-bond acceptors (Lipinski definition) is 6. The minimum absolute atomic E-state index is 0.280. The third-order valence-corrected chi connectivity index (χ3v) is 3.26. The number of aryl methyl sites for hydroxylation is 2. The molecule has 0 bridgehead atoms. The van der Waals surface area contributed by atoms with E-state index in [1.807, 2.05) is 6.26 Å². The van der Waals surface area contributed by atoms with Gasteiger partial charge in [0.1, 0.15) is 16.9 Å². The van der Waals surface area contributed by atoms with Crippen molar-refractivity contribution in [3.8, 4) is 0 Å². The van der Waals surface area contributed by atoms with Crippen molar-refractivity contribution in [3.05, 3.63) is 17.1 Å². The van der Waals surface area contributed by atoms with Crippen molar-refractivity contribution in [2.24, 2.45) is 0 Å². The molecule has 1 aromatic heterocycles. The van der Waals surface area contributed by atoms with Crippen LogP contribution >= 0.6 is 11.8 Å². The number of nitrogens with zero attached hydrogens (tertiary/aromatic N) is 2. The zero-order valence-corrected chi connectivity index (χ0v) is 13.1. The number of hydrogen-bond donors (Lipinski definition) is 1. The van der Waals surface area contributed by atoms with Gasteiger partial charge in [-0.2, -0.15) is 0 Å². The van der Waals surface area contributed by atoms with Gasteiger partial charge in [0.05, 0.1) is 17.9 Å². The third-order valence-electron chi connectivity index (χ3n) is 2.58. The fraction of sp³-hybridized carbons (Fsp3) is 0.538. The lowest BCUT2D eigenvalue weighted by Gasteiger charge is -2.15. The maximum Gasteiger partial charge on any atom is 0.328 e. The smallest absolute Gasteiger partial charge is 0.328 e. The molecule has 0 saturated carbocycles. The molecular formula is C13H19N3O3S. The quantitative estimate of drug-likeness (QED) is 0.504. The fourth-order valence-corrected chi connectivity index (χ4v) is 2.35. The topological polar surface area (TPSA) is 81.2 Å². The Kier molecular flexibility index (Phi) is 5.94. The highest BCUT2D eigenvalue weighted by Gasteiger charge is 2.22. The van der Waals surface area contributed by atoms with Gasteiger partial charge in [-0.3, -0.25) is 4.79 Å². The van der Waals surface area contributed by atoms with E-state index in [4.69, 9.17) is 4.74 Å². The van der Waals surface area contributed by atoms with Crippen LogP contribution in [0.15, 0.2) is 5.03 Å². The van der Waals surface area contributed by atoms with Crippen LogP contribution < -0.4 is 5.32 Å². The fourth-order valence-electron chi connectivity index (χ4n) is 1.69. The van der Waals surface area contributed by atoms with E-state index in [0.717, 1.165) is 0 Å². The summed E-state index contributed by atoms with van der Waals surface area (Å²) in [7, 11) is 0. The number of aromatic nitrogens is 2. The Labute approximate surface area is 122 Å². The summed E-state index contributed by atoms with van der Waals surface area (Å²) in [5.41, 5.74) is 0.995. The SMILES string of the molecule is CCOC(=O)C(C)NC(=O)c1c(C)nc(C)nc1SC. The zero-order chi connectivity index (χ0) is 15.3. The Bertz CT molecular complexity index is 520. The van der Waals surface area contributed by atoms with Gasteiger partial charge in [0, 0.05) is 0 Å². The summed E-state index contributed by atoms with van der Waals surface area (Å²) in [5, 5.41) is 3.21. The first-order valence-electron chi connectivity index (χ1n) is 6.27. The second kappa shape index (κ2) is 7.23. The van der Waals surface area contributed by atoms with Crippen LogP contribution in [0.4, 0.5) is 0 Å². The Morgan fingerprint density at radius 2 is 2.00 bits per heavy atom. The van der Waals surface area contributed by atoms with Crippen LogP contribution in [-0.4, -0.2) is 40.7 Å². The molecule has 20 heavy (non-hydrogen) atoms. The summed E-state index contributed by atoms with van der Waals surface area (Å²) in [6.07, 6.45) is 1.84. The van der Waals surface area contributed by atoms with Crippen LogP contribution in [0.5, 0.6) is 0 Å². The predicted molar refractivity (Wildman–Crippen MR) is 76.8 cm³/mol. The first-order chi connectivity index (χ1) is 9.40. The van der Waals surface area contributed by atoms with Gasteiger partial charge in [0.15, 0.2) is 0 Å². The van der Waals surface area contributed by atoms with E-state index in [1.165, 1.54) is 11.8 Å².